The molecule has 0 radical (unpaired) electrons. The molecule has 0 saturated carbocycles. The highest BCUT2D eigenvalue weighted by molar-refractivity contribution is 5.68. The van der Waals surface area contributed by atoms with E-state index in [0.29, 0.717) is 6.54 Å². The van der Waals surface area contributed by atoms with Gasteiger partial charge in [-0.1, -0.05) is 24.3 Å². The Labute approximate surface area is 103 Å². The smallest absolute Gasteiger partial charge is 0.0642 e. The van der Waals surface area contributed by atoms with Crippen molar-refractivity contribution in [1.82, 2.24) is 0 Å². The van der Waals surface area contributed by atoms with E-state index < -0.39 is 0 Å². The van der Waals surface area contributed by atoms with E-state index in [0.717, 1.165) is 26.3 Å². The summed E-state index contributed by atoms with van der Waals surface area (Å²) >= 11 is 0. The van der Waals surface area contributed by atoms with Crippen LogP contribution in [-0.4, -0.2) is 32.8 Å². The van der Waals surface area contributed by atoms with E-state index in [1.54, 1.807) is 0 Å². The average Bonchev–Trinajstić information content (AvgIpc) is 2.38. The highest BCUT2D eigenvalue weighted by Crippen LogP contribution is 2.24. The molecule has 3 nitrogen and oxygen atoms in total. The number of anilines is 1. The minimum Gasteiger partial charge on any atom is -0.378 e. The number of nitrogens with zero attached hydrogens (tertiary/aromatic N) is 1. The van der Waals surface area contributed by atoms with Gasteiger partial charge in [0.25, 0.3) is 0 Å². The maximum Gasteiger partial charge on any atom is 0.0642 e. The second kappa shape index (κ2) is 5.84. The van der Waals surface area contributed by atoms with Gasteiger partial charge in [0, 0.05) is 25.3 Å². The second-order valence-electron chi connectivity index (χ2n) is 4.30. The van der Waals surface area contributed by atoms with Crippen molar-refractivity contribution in [2.45, 2.75) is 6.92 Å². The number of hydrogen-bond acceptors (Lipinski definition) is 3. The number of morpholine rings is 1. The first kappa shape index (κ1) is 12.1. The van der Waals surface area contributed by atoms with E-state index in [1.807, 2.05) is 6.08 Å². The molecule has 2 rings (SSSR count). The molecule has 1 aromatic carbocycles. The molecule has 0 amide bonds. The molecule has 3 heteroatoms. The molecule has 1 aliphatic rings. The summed E-state index contributed by atoms with van der Waals surface area (Å²) in [6.07, 6.45) is 4.10. The number of ether oxygens (including phenoxy) is 1. The molecule has 1 aliphatic heterocycles. The van der Waals surface area contributed by atoms with Gasteiger partial charge in [-0.25, -0.2) is 0 Å². The SMILES string of the molecule is Cc1ccc(/C=C/CN)c(N2CCOCC2)c1. The van der Waals surface area contributed by atoms with E-state index in [2.05, 4.69) is 36.1 Å². The van der Waals surface area contributed by atoms with Crippen molar-refractivity contribution < 1.29 is 4.74 Å². The van der Waals surface area contributed by atoms with Crippen molar-refractivity contribution in [1.29, 1.82) is 0 Å². The van der Waals surface area contributed by atoms with Crippen LogP contribution in [0.2, 0.25) is 0 Å². The van der Waals surface area contributed by atoms with Crippen LogP contribution in [0.25, 0.3) is 6.08 Å². The van der Waals surface area contributed by atoms with Gasteiger partial charge in [0.1, 0.15) is 0 Å². The van der Waals surface area contributed by atoms with Crippen LogP contribution in [0.3, 0.4) is 0 Å². The standard InChI is InChI=1S/C14H20N2O/c1-12-4-5-13(3-2-6-15)14(11-12)16-7-9-17-10-8-16/h2-5,11H,6-10,15H2,1H3/b3-2+. The highest BCUT2D eigenvalue weighted by atomic mass is 16.5. The number of aryl methyl sites for hydroxylation is 1. The molecule has 0 unspecified atom stereocenters. The Morgan fingerprint density at radius 3 is 2.82 bits per heavy atom. The fraction of sp³-hybridized carbons (Fsp3) is 0.429. The monoisotopic (exact) mass is 232 g/mol. The number of rotatable bonds is 3. The summed E-state index contributed by atoms with van der Waals surface area (Å²) < 4.78 is 5.39. The van der Waals surface area contributed by atoms with Crippen LogP contribution in [0, 0.1) is 6.92 Å². The molecule has 1 saturated heterocycles. The van der Waals surface area contributed by atoms with Crippen molar-refractivity contribution in [3.05, 3.63) is 35.4 Å². The maximum absolute atomic E-state index is 5.51. The molecular weight excluding hydrogens is 212 g/mol. The zero-order valence-corrected chi connectivity index (χ0v) is 10.4. The first-order valence-corrected chi connectivity index (χ1v) is 6.11. The molecule has 0 aliphatic carbocycles. The second-order valence-corrected chi connectivity index (χ2v) is 4.30. The van der Waals surface area contributed by atoms with Crippen LogP contribution in [0.4, 0.5) is 5.69 Å². The first-order chi connectivity index (χ1) is 8.31. The zero-order valence-electron chi connectivity index (χ0n) is 10.4. The van der Waals surface area contributed by atoms with Gasteiger partial charge in [-0.3, -0.25) is 0 Å². The molecule has 0 spiro atoms. The third-order valence-corrected chi connectivity index (χ3v) is 2.97. The fourth-order valence-electron chi connectivity index (χ4n) is 2.07. The van der Waals surface area contributed by atoms with E-state index in [4.69, 9.17) is 10.5 Å². The summed E-state index contributed by atoms with van der Waals surface area (Å²) in [6.45, 7) is 6.26. The summed E-state index contributed by atoms with van der Waals surface area (Å²) in [5.41, 5.74) is 9.33. The summed E-state index contributed by atoms with van der Waals surface area (Å²) in [5, 5.41) is 0. The Morgan fingerprint density at radius 2 is 2.12 bits per heavy atom. The Balaban J connectivity index is 2.28. The Kier molecular flexibility index (Phi) is 4.18. The molecule has 2 N–H and O–H groups in total. The lowest BCUT2D eigenvalue weighted by Gasteiger charge is -2.30. The highest BCUT2D eigenvalue weighted by Gasteiger charge is 2.13. The van der Waals surface area contributed by atoms with Gasteiger partial charge in [-0.05, 0) is 24.1 Å². The molecule has 1 aromatic rings. The van der Waals surface area contributed by atoms with E-state index in [9.17, 15) is 0 Å². The van der Waals surface area contributed by atoms with Crippen LogP contribution in [0.5, 0.6) is 0 Å². The van der Waals surface area contributed by atoms with Crippen molar-refractivity contribution in [2.75, 3.05) is 37.7 Å². The lowest BCUT2D eigenvalue weighted by molar-refractivity contribution is 0.122. The van der Waals surface area contributed by atoms with E-state index >= 15 is 0 Å². The third kappa shape index (κ3) is 3.08. The van der Waals surface area contributed by atoms with Gasteiger partial charge in [0.2, 0.25) is 0 Å². The van der Waals surface area contributed by atoms with E-state index in [-0.39, 0.29) is 0 Å². The van der Waals surface area contributed by atoms with Crippen LogP contribution < -0.4 is 10.6 Å². The van der Waals surface area contributed by atoms with E-state index in [1.165, 1.54) is 16.8 Å². The molecule has 0 atom stereocenters. The quantitative estimate of drug-likeness (QED) is 0.863. The summed E-state index contributed by atoms with van der Waals surface area (Å²) in [7, 11) is 0. The minimum absolute atomic E-state index is 0.580. The van der Waals surface area contributed by atoms with Crippen molar-refractivity contribution >= 4 is 11.8 Å². The Morgan fingerprint density at radius 1 is 1.35 bits per heavy atom. The van der Waals surface area contributed by atoms with Crippen molar-refractivity contribution in [3.8, 4) is 0 Å². The van der Waals surface area contributed by atoms with Crippen LogP contribution >= 0.6 is 0 Å². The summed E-state index contributed by atoms with van der Waals surface area (Å²) in [6, 6.07) is 6.54. The van der Waals surface area contributed by atoms with Crippen LogP contribution in [-0.2, 0) is 4.74 Å². The van der Waals surface area contributed by atoms with Gasteiger partial charge in [-0.2, -0.15) is 0 Å². The largest absolute Gasteiger partial charge is 0.378 e. The van der Waals surface area contributed by atoms with Gasteiger partial charge in [0.05, 0.1) is 13.2 Å². The topological polar surface area (TPSA) is 38.5 Å². The Hall–Kier alpha value is -1.32. The molecular formula is C14H20N2O. The predicted molar refractivity (Wildman–Crippen MR) is 72.3 cm³/mol. The predicted octanol–water partition coefficient (Wildman–Crippen LogP) is 1.80. The normalized spacial score (nSPS) is 16.7. The summed E-state index contributed by atoms with van der Waals surface area (Å²) in [5.74, 6) is 0. The third-order valence-electron chi connectivity index (χ3n) is 2.97. The van der Waals surface area contributed by atoms with Crippen molar-refractivity contribution in [3.63, 3.8) is 0 Å². The lowest BCUT2D eigenvalue weighted by atomic mass is 10.1. The van der Waals surface area contributed by atoms with Crippen LogP contribution in [0.1, 0.15) is 11.1 Å². The van der Waals surface area contributed by atoms with Crippen LogP contribution in [0.15, 0.2) is 24.3 Å². The molecule has 1 heterocycles. The maximum atomic E-state index is 5.51. The summed E-state index contributed by atoms with van der Waals surface area (Å²) in [4.78, 5) is 2.38. The molecule has 0 aromatic heterocycles. The van der Waals surface area contributed by atoms with Gasteiger partial charge in [0.15, 0.2) is 0 Å². The van der Waals surface area contributed by atoms with Gasteiger partial charge in [-0.15, -0.1) is 0 Å². The average molecular weight is 232 g/mol. The Bertz CT molecular complexity index is 395. The minimum atomic E-state index is 0.580. The van der Waals surface area contributed by atoms with Crippen molar-refractivity contribution in [2.24, 2.45) is 5.73 Å². The first-order valence-electron chi connectivity index (χ1n) is 6.11. The molecule has 17 heavy (non-hydrogen) atoms. The number of benzene rings is 1. The number of hydrogen-bond donors (Lipinski definition) is 1. The lowest BCUT2D eigenvalue weighted by Crippen LogP contribution is -2.36. The molecule has 0 bridgehead atoms. The number of nitrogens with two attached hydrogens (primary N) is 1. The fourth-order valence-corrected chi connectivity index (χ4v) is 2.07. The molecule has 1 fully saturated rings. The molecule has 92 valence electrons. The van der Waals surface area contributed by atoms with Gasteiger partial charge >= 0.3 is 0 Å². The van der Waals surface area contributed by atoms with Gasteiger partial charge < -0.3 is 15.4 Å². The zero-order chi connectivity index (χ0) is 12.1.